The van der Waals surface area contributed by atoms with Crippen LogP contribution in [0.4, 0.5) is 16.7 Å². The molecule has 38 heavy (non-hydrogen) atoms. The molecule has 0 N–H and O–H groups in total. The monoisotopic (exact) mass is 526 g/mol. The van der Waals surface area contributed by atoms with Gasteiger partial charge in [-0.25, -0.2) is 29.5 Å². The first kappa shape index (κ1) is 27.5. The van der Waals surface area contributed by atoms with Crippen LogP contribution in [0.1, 0.15) is 49.3 Å². The minimum absolute atomic E-state index is 0.0921. The smallest absolute Gasteiger partial charge is 0.410 e. The first-order valence-corrected chi connectivity index (χ1v) is 13.0. The topological polar surface area (TPSA) is 117 Å². The average molecular weight is 527 g/mol. The van der Waals surface area contributed by atoms with Gasteiger partial charge in [-0.15, -0.1) is 0 Å². The second kappa shape index (κ2) is 11.5. The predicted octanol–water partition coefficient (Wildman–Crippen LogP) is 1.99. The minimum Gasteiger partial charge on any atom is -0.462 e. The summed E-state index contributed by atoms with van der Waals surface area (Å²) in [6, 6.07) is 0.0921. The van der Waals surface area contributed by atoms with Crippen LogP contribution in [0.3, 0.4) is 0 Å². The average Bonchev–Trinajstić information content (AvgIpc) is 2.87. The predicted molar refractivity (Wildman–Crippen MR) is 142 cm³/mol. The summed E-state index contributed by atoms with van der Waals surface area (Å²) in [7, 11) is 4.07. The molecule has 4 heterocycles. The zero-order valence-corrected chi connectivity index (χ0v) is 23.2. The summed E-state index contributed by atoms with van der Waals surface area (Å²) in [5, 5.41) is 0. The van der Waals surface area contributed by atoms with Gasteiger partial charge in [0.05, 0.1) is 30.5 Å². The molecule has 0 aliphatic carbocycles. The van der Waals surface area contributed by atoms with Crippen molar-refractivity contribution in [2.24, 2.45) is 0 Å². The lowest BCUT2D eigenvalue weighted by Crippen LogP contribution is -2.57. The molecule has 206 valence electrons. The number of amides is 1. The van der Waals surface area contributed by atoms with Crippen LogP contribution < -0.4 is 9.80 Å². The van der Waals surface area contributed by atoms with Gasteiger partial charge in [0.15, 0.2) is 0 Å². The lowest BCUT2D eigenvalue weighted by Gasteiger charge is -2.42. The van der Waals surface area contributed by atoms with Gasteiger partial charge in [-0.05, 0) is 41.8 Å². The van der Waals surface area contributed by atoms with E-state index in [4.69, 9.17) is 14.5 Å². The molecule has 2 aromatic rings. The Morgan fingerprint density at radius 1 is 1.05 bits per heavy atom. The van der Waals surface area contributed by atoms with Gasteiger partial charge in [0.25, 0.3) is 0 Å². The maximum Gasteiger partial charge on any atom is 0.410 e. The van der Waals surface area contributed by atoms with Gasteiger partial charge < -0.3 is 29.1 Å². The van der Waals surface area contributed by atoms with Gasteiger partial charge in [-0.3, -0.25) is 0 Å². The van der Waals surface area contributed by atoms with Crippen LogP contribution in [0.25, 0.3) is 0 Å². The second-order valence-corrected chi connectivity index (χ2v) is 10.8. The number of likely N-dealkylation sites (N-methyl/N-ethyl adjacent to an activating group) is 1. The third kappa shape index (κ3) is 6.66. The molecule has 0 bridgehead atoms. The van der Waals surface area contributed by atoms with Crippen LogP contribution in [0.15, 0.2) is 18.6 Å². The van der Waals surface area contributed by atoms with E-state index in [0.29, 0.717) is 63.2 Å². The van der Waals surface area contributed by atoms with E-state index in [1.807, 2.05) is 41.1 Å². The maximum absolute atomic E-state index is 12.5. The lowest BCUT2D eigenvalue weighted by atomic mass is 10.1. The molecule has 12 heteroatoms. The summed E-state index contributed by atoms with van der Waals surface area (Å²) in [5.74, 6) is 0.849. The maximum atomic E-state index is 12.5. The molecular formula is C26H38N8O4. The van der Waals surface area contributed by atoms with Gasteiger partial charge in [0.2, 0.25) is 11.9 Å². The number of fused-ring (bicyclic) bond motifs is 1. The number of piperazine rings is 1. The third-order valence-corrected chi connectivity index (χ3v) is 6.32. The normalized spacial score (nSPS) is 17.9. The van der Waals surface area contributed by atoms with Crippen molar-refractivity contribution < 1.29 is 19.1 Å². The van der Waals surface area contributed by atoms with Gasteiger partial charge in [-0.2, -0.15) is 0 Å². The zero-order chi connectivity index (χ0) is 27.4. The largest absolute Gasteiger partial charge is 0.462 e. The molecule has 1 saturated heterocycles. The van der Waals surface area contributed by atoms with Crippen molar-refractivity contribution in [2.75, 3.05) is 63.2 Å². The summed E-state index contributed by atoms with van der Waals surface area (Å²) in [4.78, 5) is 51.2. The third-order valence-electron chi connectivity index (χ3n) is 6.32. The molecule has 2 aromatic heterocycles. The van der Waals surface area contributed by atoms with Crippen molar-refractivity contribution in [1.82, 2.24) is 29.7 Å². The first-order valence-electron chi connectivity index (χ1n) is 13.0. The molecule has 0 saturated carbocycles. The van der Waals surface area contributed by atoms with Crippen LogP contribution in [0.5, 0.6) is 0 Å². The van der Waals surface area contributed by atoms with E-state index in [0.717, 1.165) is 17.8 Å². The highest BCUT2D eigenvalue weighted by atomic mass is 16.6. The van der Waals surface area contributed by atoms with Crippen molar-refractivity contribution in [3.05, 3.63) is 35.4 Å². The summed E-state index contributed by atoms with van der Waals surface area (Å²) < 4.78 is 10.6. The Kier molecular flexibility index (Phi) is 8.29. The van der Waals surface area contributed by atoms with E-state index < -0.39 is 11.6 Å². The standard InChI is InChI=1S/C26H38N8O4/c1-7-37-22(35)18-12-27-23(28-13-18)34-11-10-32(17-20(34)16-31(5)6)24-29-14-19-15-33(9-8-21(19)30-24)25(36)38-26(2,3)4/h12-14,20H,7-11,15-17H2,1-6H3/t20-/m0/s1. The van der Waals surface area contributed by atoms with Gasteiger partial charge in [0, 0.05) is 63.3 Å². The number of aromatic nitrogens is 4. The Morgan fingerprint density at radius 3 is 2.42 bits per heavy atom. The number of esters is 1. The van der Waals surface area contributed by atoms with E-state index >= 15 is 0 Å². The van der Waals surface area contributed by atoms with Crippen molar-refractivity contribution >= 4 is 24.0 Å². The van der Waals surface area contributed by atoms with E-state index in [2.05, 4.69) is 29.7 Å². The van der Waals surface area contributed by atoms with Crippen LogP contribution in [-0.4, -0.2) is 107 Å². The highest BCUT2D eigenvalue weighted by Crippen LogP contribution is 2.24. The Balaban J connectivity index is 1.45. The SMILES string of the molecule is CCOC(=O)c1cnc(N2CCN(c3ncc4c(n3)CCN(C(=O)OC(C)(C)C)C4)C[C@@H]2CN(C)C)nc1. The van der Waals surface area contributed by atoms with E-state index in [1.54, 1.807) is 11.8 Å². The molecule has 1 fully saturated rings. The quantitative estimate of drug-likeness (QED) is 0.514. The van der Waals surface area contributed by atoms with Crippen LogP contribution in [-0.2, 0) is 22.4 Å². The number of hydrogen-bond donors (Lipinski definition) is 0. The fraction of sp³-hybridized carbons (Fsp3) is 0.615. The molecular weight excluding hydrogens is 488 g/mol. The molecule has 1 atom stereocenters. The Labute approximate surface area is 224 Å². The molecule has 2 aliphatic heterocycles. The Bertz CT molecular complexity index is 1140. The van der Waals surface area contributed by atoms with Crippen molar-refractivity contribution in [1.29, 1.82) is 0 Å². The summed E-state index contributed by atoms with van der Waals surface area (Å²) in [5.41, 5.74) is 1.73. The number of rotatable bonds is 6. The second-order valence-electron chi connectivity index (χ2n) is 10.8. The summed E-state index contributed by atoms with van der Waals surface area (Å²) in [6.45, 7) is 11.6. The Hall–Kier alpha value is -3.54. The molecule has 0 spiro atoms. The number of hydrogen-bond acceptors (Lipinski definition) is 11. The molecule has 0 aromatic carbocycles. The van der Waals surface area contributed by atoms with E-state index in [9.17, 15) is 9.59 Å². The number of anilines is 2. The molecule has 0 radical (unpaired) electrons. The molecule has 1 amide bonds. The van der Waals surface area contributed by atoms with Gasteiger partial charge in [-0.1, -0.05) is 0 Å². The van der Waals surface area contributed by atoms with Crippen molar-refractivity contribution in [3.8, 4) is 0 Å². The van der Waals surface area contributed by atoms with E-state index in [1.165, 1.54) is 12.4 Å². The minimum atomic E-state index is -0.531. The number of nitrogens with zero attached hydrogens (tertiary/aromatic N) is 8. The van der Waals surface area contributed by atoms with Crippen LogP contribution in [0.2, 0.25) is 0 Å². The van der Waals surface area contributed by atoms with Crippen LogP contribution in [0, 0.1) is 0 Å². The van der Waals surface area contributed by atoms with Gasteiger partial charge in [0.1, 0.15) is 5.60 Å². The number of carbonyl (C=O) groups is 2. The summed E-state index contributed by atoms with van der Waals surface area (Å²) in [6.07, 6.45) is 5.22. The number of ether oxygens (including phenoxy) is 2. The van der Waals surface area contributed by atoms with Crippen LogP contribution >= 0.6 is 0 Å². The van der Waals surface area contributed by atoms with Crippen molar-refractivity contribution in [3.63, 3.8) is 0 Å². The first-order chi connectivity index (χ1) is 18.0. The Morgan fingerprint density at radius 2 is 1.76 bits per heavy atom. The molecule has 12 nitrogen and oxygen atoms in total. The highest BCUT2D eigenvalue weighted by Gasteiger charge is 2.32. The van der Waals surface area contributed by atoms with E-state index in [-0.39, 0.29) is 12.1 Å². The molecule has 4 rings (SSSR count). The highest BCUT2D eigenvalue weighted by molar-refractivity contribution is 5.88. The fourth-order valence-electron chi connectivity index (χ4n) is 4.61. The molecule has 2 aliphatic rings. The summed E-state index contributed by atoms with van der Waals surface area (Å²) >= 11 is 0. The lowest BCUT2D eigenvalue weighted by molar-refractivity contribution is 0.0222. The zero-order valence-electron chi connectivity index (χ0n) is 23.2. The number of carbonyl (C=O) groups excluding carboxylic acids is 2. The van der Waals surface area contributed by atoms with Crippen molar-refractivity contribution in [2.45, 2.75) is 52.3 Å². The van der Waals surface area contributed by atoms with Gasteiger partial charge >= 0.3 is 12.1 Å². The molecule has 0 unspecified atom stereocenters. The fourth-order valence-corrected chi connectivity index (χ4v) is 4.61.